The van der Waals surface area contributed by atoms with Crippen LogP contribution in [0.15, 0.2) is 0 Å². The normalized spacial score (nSPS) is 13.3. The van der Waals surface area contributed by atoms with Crippen LogP contribution in [0.5, 0.6) is 0 Å². The highest BCUT2D eigenvalue weighted by Gasteiger charge is 2.39. The van der Waals surface area contributed by atoms with Gasteiger partial charge in [0.2, 0.25) is 0 Å². The molecule has 7 heteroatoms. The van der Waals surface area contributed by atoms with Crippen molar-refractivity contribution in [2.75, 3.05) is 12.4 Å². The van der Waals surface area contributed by atoms with Crippen molar-refractivity contribution in [3.05, 3.63) is 0 Å². The summed E-state index contributed by atoms with van der Waals surface area (Å²) in [6.07, 6.45) is 0.679. The summed E-state index contributed by atoms with van der Waals surface area (Å²) >= 11 is 1.24. The van der Waals surface area contributed by atoms with Crippen LogP contribution in [-0.2, 0) is 9.53 Å². The van der Waals surface area contributed by atoms with E-state index in [1.165, 1.54) is 11.8 Å². The molecule has 0 saturated carbocycles. The molecule has 0 aliphatic heterocycles. The fourth-order valence-electron chi connectivity index (χ4n) is 1.90. The molecule has 138 valence electrons. The summed E-state index contributed by atoms with van der Waals surface area (Å²) in [6.45, 7) is 4.41. The summed E-state index contributed by atoms with van der Waals surface area (Å²) in [5, 5.41) is -0.390. The Balaban J connectivity index is 4.21. The number of alkyl halides is 4. The van der Waals surface area contributed by atoms with E-state index in [1.807, 2.05) is 13.8 Å². The molecule has 0 bridgehead atoms. The van der Waals surface area contributed by atoms with Crippen molar-refractivity contribution >= 4 is 17.7 Å². The molecule has 0 amide bonds. The zero-order valence-electron chi connectivity index (χ0n) is 14.0. The third kappa shape index (κ3) is 10.8. The zero-order valence-corrected chi connectivity index (χ0v) is 14.8. The lowest BCUT2D eigenvalue weighted by atomic mass is 10.1. The van der Waals surface area contributed by atoms with Crippen LogP contribution >= 0.6 is 11.8 Å². The Labute approximate surface area is 140 Å². The van der Waals surface area contributed by atoms with Gasteiger partial charge in [0.05, 0.1) is 6.61 Å². The SMILES string of the molecule is CCCCCC(SCCCC(F)(F)C(F)F)C(=O)OCCCC. The van der Waals surface area contributed by atoms with E-state index in [-0.39, 0.29) is 18.1 Å². The molecule has 0 fully saturated rings. The Morgan fingerprint density at radius 2 is 1.74 bits per heavy atom. The Kier molecular flexibility index (Phi) is 12.6. The molecule has 0 N–H and O–H groups in total. The molecule has 0 radical (unpaired) electrons. The maximum absolute atomic E-state index is 12.8. The van der Waals surface area contributed by atoms with Gasteiger partial charge < -0.3 is 4.74 Å². The van der Waals surface area contributed by atoms with Gasteiger partial charge in [0, 0.05) is 6.42 Å². The monoisotopic (exact) mass is 360 g/mol. The predicted molar refractivity (Wildman–Crippen MR) is 86.4 cm³/mol. The van der Waals surface area contributed by atoms with Gasteiger partial charge in [-0.05, 0) is 25.0 Å². The average molecular weight is 360 g/mol. The lowest BCUT2D eigenvalue weighted by molar-refractivity contribution is -0.143. The Bertz CT molecular complexity index is 314. The molecule has 23 heavy (non-hydrogen) atoms. The molecule has 0 aliphatic rings. The van der Waals surface area contributed by atoms with Crippen LogP contribution in [0.1, 0.15) is 65.2 Å². The number of unbranched alkanes of at least 4 members (excludes halogenated alkanes) is 3. The van der Waals surface area contributed by atoms with Gasteiger partial charge in [0.15, 0.2) is 0 Å². The van der Waals surface area contributed by atoms with Crippen molar-refractivity contribution in [3.63, 3.8) is 0 Å². The smallest absolute Gasteiger partial charge is 0.319 e. The molecule has 0 heterocycles. The number of carbonyl (C=O) groups is 1. The number of hydrogen-bond acceptors (Lipinski definition) is 3. The lowest BCUT2D eigenvalue weighted by Gasteiger charge is -2.17. The van der Waals surface area contributed by atoms with Gasteiger partial charge in [0.1, 0.15) is 5.25 Å². The number of hydrogen-bond donors (Lipinski definition) is 0. The molecule has 0 aliphatic carbocycles. The van der Waals surface area contributed by atoms with Crippen LogP contribution in [0.4, 0.5) is 17.6 Å². The first-order valence-electron chi connectivity index (χ1n) is 8.29. The summed E-state index contributed by atoms with van der Waals surface area (Å²) in [7, 11) is 0. The molecule has 0 spiro atoms. The zero-order chi connectivity index (χ0) is 17.7. The number of ether oxygens (including phenoxy) is 1. The van der Waals surface area contributed by atoms with Gasteiger partial charge in [-0.1, -0.05) is 39.5 Å². The highest BCUT2D eigenvalue weighted by Crippen LogP contribution is 2.29. The molecular weight excluding hydrogens is 332 g/mol. The van der Waals surface area contributed by atoms with Crippen molar-refractivity contribution in [2.45, 2.75) is 82.8 Å². The van der Waals surface area contributed by atoms with Crippen LogP contribution in [0.25, 0.3) is 0 Å². The van der Waals surface area contributed by atoms with Gasteiger partial charge in [-0.2, -0.15) is 0 Å². The summed E-state index contributed by atoms with van der Waals surface area (Å²) in [5.74, 6) is -4.01. The second-order valence-electron chi connectivity index (χ2n) is 5.54. The molecule has 1 unspecified atom stereocenters. The Hall–Kier alpha value is -0.460. The average Bonchev–Trinajstić information content (AvgIpc) is 2.49. The molecule has 1 atom stereocenters. The first-order chi connectivity index (χ1) is 10.8. The number of rotatable bonds is 14. The van der Waals surface area contributed by atoms with Gasteiger partial charge in [-0.3, -0.25) is 4.79 Å². The van der Waals surface area contributed by atoms with Crippen LogP contribution in [0, 0.1) is 0 Å². The second-order valence-corrected chi connectivity index (χ2v) is 6.85. The summed E-state index contributed by atoms with van der Waals surface area (Å²) in [5.41, 5.74) is 0. The topological polar surface area (TPSA) is 26.3 Å². The fraction of sp³-hybridized carbons (Fsp3) is 0.938. The molecular formula is C16H28F4O2S. The quantitative estimate of drug-likeness (QED) is 0.226. The number of esters is 1. The largest absolute Gasteiger partial charge is 0.465 e. The first-order valence-corrected chi connectivity index (χ1v) is 9.34. The molecule has 0 saturated heterocycles. The summed E-state index contributed by atoms with van der Waals surface area (Å²) in [4.78, 5) is 12.0. The van der Waals surface area contributed by atoms with Crippen LogP contribution < -0.4 is 0 Å². The Morgan fingerprint density at radius 3 is 2.30 bits per heavy atom. The van der Waals surface area contributed by atoms with E-state index in [2.05, 4.69) is 0 Å². The van der Waals surface area contributed by atoms with Crippen LogP contribution in [0.2, 0.25) is 0 Å². The van der Waals surface area contributed by atoms with E-state index >= 15 is 0 Å². The minimum Gasteiger partial charge on any atom is -0.465 e. The van der Waals surface area contributed by atoms with Crippen molar-refractivity contribution in [1.29, 1.82) is 0 Å². The minimum absolute atomic E-state index is 0.0471. The fourth-order valence-corrected chi connectivity index (χ4v) is 3.03. The molecule has 0 aromatic heterocycles. The third-order valence-corrected chi connectivity index (χ3v) is 4.72. The summed E-state index contributed by atoms with van der Waals surface area (Å²) < 4.78 is 55.0. The van der Waals surface area contributed by atoms with Crippen LogP contribution in [-0.4, -0.2) is 35.9 Å². The van der Waals surface area contributed by atoms with E-state index < -0.39 is 24.0 Å². The van der Waals surface area contributed by atoms with Crippen molar-refractivity contribution in [2.24, 2.45) is 0 Å². The van der Waals surface area contributed by atoms with Crippen molar-refractivity contribution in [1.82, 2.24) is 0 Å². The maximum Gasteiger partial charge on any atom is 0.319 e. The number of halogens is 4. The minimum atomic E-state index is -3.94. The van der Waals surface area contributed by atoms with E-state index in [0.717, 1.165) is 32.1 Å². The van der Waals surface area contributed by atoms with Gasteiger partial charge in [0.25, 0.3) is 0 Å². The molecule has 0 aromatic carbocycles. The van der Waals surface area contributed by atoms with Crippen molar-refractivity contribution < 1.29 is 27.1 Å². The number of thioether (sulfide) groups is 1. The van der Waals surface area contributed by atoms with E-state index in [4.69, 9.17) is 4.74 Å². The van der Waals surface area contributed by atoms with Gasteiger partial charge in [-0.15, -0.1) is 11.8 Å². The van der Waals surface area contributed by atoms with Crippen LogP contribution in [0.3, 0.4) is 0 Å². The second kappa shape index (κ2) is 12.9. The van der Waals surface area contributed by atoms with Gasteiger partial charge in [-0.25, -0.2) is 17.6 Å². The van der Waals surface area contributed by atoms with E-state index in [1.54, 1.807) is 0 Å². The van der Waals surface area contributed by atoms with Crippen molar-refractivity contribution in [3.8, 4) is 0 Å². The summed E-state index contributed by atoms with van der Waals surface area (Å²) in [6, 6.07) is 0. The first kappa shape index (κ1) is 22.5. The molecule has 0 aromatic rings. The lowest BCUT2D eigenvalue weighted by Crippen LogP contribution is -2.26. The predicted octanol–water partition coefficient (Wildman–Crippen LogP) is 5.69. The molecule has 2 nitrogen and oxygen atoms in total. The molecule has 0 rings (SSSR count). The van der Waals surface area contributed by atoms with E-state index in [0.29, 0.717) is 13.0 Å². The highest BCUT2D eigenvalue weighted by atomic mass is 32.2. The maximum atomic E-state index is 12.8. The highest BCUT2D eigenvalue weighted by molar-refractivity contribution is 8.00. The standard InChI is InChI=1S/C16H28F4O2S/c1-3-5-7-9-13(14(21)22-11-6-4-2)23-12-8-10-16(19,20)15(17)18/h13,15H,3-12H2,1-2H3. The number of carbonyl (C=O) groups excluding carboxylic acids is 1. The Morgan fingerprint density at radius 1 is 1.09 bits per heavy atom. The van der Waals surface area contributed by atoms with Gasteiger partial charge >= 0.3 is 18.3 Å². The van der Waals surface area contributed by atoms with E-state index in [9.17, 15) is 22.4 Å². The third-order valence-electron chi connectivity index (χ3n) is 3.37.